The van der Waals surface area contributed by atoms with E-state index < -0.39 is 4.92 Å². The molecule has 0 saturated carbocycles. The standard InChI is InChI=1S/C20H22N4O3S/c1-13(2)27-18-10-9-16(24(25)26)11-15(18)12-28-20-22-21-19(23(20)4)17-8-6-5-7-14(17)3/h5-11,13H,12H2,1-4H3. The van der Waals surface area contributed by atoms with Crippen LogP contribution < -0.4 is 4.74 Å². The Morgan fingerprint density at radius 1 is 1.21 bits per heavy atom. The van der Waals surface area contributed by atoms with Crippen LogP contribution in [0, 0.1) is 17.0 Å². The number of thioether (sulfide) groups is 1. The van der Waals surface area contributed by atoms with Gasteiger partial charge in [0.15, 0.2) is 11.0 Å². The van der Waals surface area contributed by atoms with Gasteiger partial charge in [0.1, 0.15) is 5.75 Å². The Balaban J connectivity index is 1.85. The molecule has 0 saturated heterocycles. The van der Waals surface area contributed by atoms with Gasteiger partial charge in [0, 0.05) is 36.1 Å². The highest BCUT2D eigenvalue weighted by Crippen LogP contribution is 2.32. The number of nitro benzene ring substituents is 1. The van der Waals surface area contributed by atoms with Crippen molar-refractivity contribution in [2.75, 3.05) is 0 Å². The van der Waals surface area contributed by atoms with Gasteiger partial charge in [-0.25, -0.2) is 0 Å². The van der Waals surface area contributed by atoms with E-state index in [1.165, 1.54) is 17.8 Å². The molecule has 0 aliphatic heterocycles. The molecular weight excluding hydrogens is 376 g/mol. The molecule has 146 valence electrons. The van der Waals surface area contributed by atoms with Crippen molar-refractivity contribution >= 4 is 17.4 Å². The molecule has 0 amide bonds. The average molecular weight is 398 g/mol. The first-order valence-electron chi connectivity index (χ1n) is 8.89. The molecule has 0 spiro atoms. The van der Waals surface area contributed by atoms with Crippen molar-refractivity contribution in [1.82, 2.24) is 14.8 Å². The number of non-ortho nitro benzene ring substituents is 1. The van der Waals surface area contributed by atoms with Crippen LogP contribution in [0.15, 0.2) is 47.6 Å². The van der Waals surface area contributed by atoms with Crippen LogP contribution in [0.3, 0.4) is 0 Å². The van der Waals surface area contributed by atoms with E-state index in [1.54, 1.807) is 12.1 Å². The third kappa shape index (κ3) is 4.33. The number of hydrogen-bond donors (Lipinski definition) is 0. The third-order valence-electron chi connectivity index (χ3n) is 4.20. The lowest BCUT2D eigenvalue weighted by Gasteiger charge is -2.14. The Kier molecular flexibility index (Phi) is 5.99. The van der Waals surface area contributed by atoms with Crippen LogP contribution >= 0.6 is 11.8 Å². The first-order valence-corrected chi connectivity index (χ1v) is 9.87. The molecule has 0 atom stereocenters. The number of nitro groups is 1. The van der Waals surface area contributed by atoms with Crippen molar-refractivity contribution in [1.29, 1.82) is 0 Å². The smallest absolute Gasteiger partial charge is 0.270 e. The summed E-state index contributed by atoms with van der Waals surface area (Å²) in [6, 6.07) is 12.7. The highest BCUT2D eigenvalue weighted by atomic mass is 32.2. The topological polar surface area (TPSA) is 83.1 Å². The summed E-state index contributed by atoms with van der Waals surface area (Å²) < 4.78 is 7.75. The second-order valence-electron chi connectivity index (χ2n) is 6.68. The van der Waals surface area contributed by atoms with Crippen LogP contribution in [-0.2, 0) is 12.8 Å². The van der Waals surface area contributed by atoms with Gasteiger partial charge in [-0.2, -0.15) is 0 Å². The molecule has 0 radical (unpaired) electrons. The third-order valence-corrected chi connectivity index (χ3v) is 5.26. The molecule has 0 aliphatic carbocycles. The van der Waals surface area contributed by atoms with Crippen molar-refractivity contribution in [2.45, 2.75) is 37.8 Å². The Morgan fingerprint density at radius 2 is 1.96 bits per heavy atom. The second kappa shape index (κ2) is 8.43. The number of ether oxygens (including phenoxy) is 1. The summed E-state index contributed by atoms with van der Waals surface area (Å²) >= 11 is 1.47. The van der Waals surface area contributed by atoms with E-state index in [2.05, 4.69) is 10.2 Å². The van der Waals surface area contributed by atoms with Gasteiger partial charge in [0.25, 0.3) is 5.69 Å². The van der Waals surface area contributed by atoms with Crippen LogP contribution in [0.4, 0.5) is 5.69 Å². The maximum Gasteiger partial charge on any atom is 0.270 e. The predicted octanol–water partition coefficient (Wildman–Crippen LogP) is 4.78. The van der Waals surface area contributed by atoms with Gasteiger partial charge in [-0.1, -0.05) is 36.0 Å². The van der Waals surface area contributed by atoms with E-state index in [-0.39, 0.29) is 11.8 Å². The fourth-order valence-electron chi connectivity index (χ4n) is 2.80. The largest absolute Gasteiger partial charge is 0.491 e. The fourth-order valence-corrected chi connectivity index (χ4v) is 3.69. The van der Waals surface area contributed by atoms with Crippen LogP contribution in [0.2, 0.25) is 0 Å². The second-order valence-corrected chi connectivity index (χ2v) is 7.63. The van der Waals surface area contributed by atoms with Crippen molar-refractivity contribution in [3.8, 4) is 17.1 Å². The van der Waals surface area contributed by atoms with E-state index in [9.17, 15) is 10.1 Å². The molecule has 8 heteroatoms. The zero-order valence-electron chi connectivity index (χ0n) is 16.2. The van der Waals surface area contributed by atoms with Crippen LogP contribution in [0.5, 0.6) is 5.75 Å². The Morgan fingerprint density at radius 3 is 2.64 bits per heavy atom. The molecule has 1 aromatic heterocycles. The first kappa shape index (κ1) is 19.9. The zero-order valence-corrected chi connectivity index (χ0v) is 17.1. The molecule has 3 rings (SSSR count). The summed E-state index contributed by atoms with van der Waals surface area (Å²) in [5.41, 5.74) is 2.96. The summed E-state index contributed by atoms with van der Waals surface area (Å²) in [5.74, 6) is 1.93. The van der Waals surface area contributed by atoms with Gasteiger partial charge in [-0.05, 0) is 32.4 Å². The van der Waals surface area contributed by atoms with Gasteiger partial charge in [-0.3, -0.25) is 10.1 Å². The normalized spacial score (nSPS) is 11.0. The van der Waals surface area contributed by atoms with Crippen molar-refractivity contribution in [3.63, 3.8) is 0 Å². The van der Waals surface area contributed by atoms with Crippen LogP contribution in [0.1, 0.15) is 25.0 Å². The molecular formula is C20H22N4O3S. The van der Waals surface area contributed by atoms with Crippen LogP contribution in [0.25, 0.3) is 11.4 Å². The first-order chi connectivity index (χ1) is 13.4. The summed E-state index contributed by atoms with van der Waals surface area (Å²) in [7, 11) is 1.92. The van der Waals surface area contributed by atoms with Gasteiger partial charge in [-0.15, -0.1) is 10.2 Å². The molecule has 0 N–H and O–H groups in total. The Labute approximate surface area is 167 Å². The quantitative estimate of drug-likeness (QED) is 0.324. The Hall–Kier alpha value is -2.87. The molecule has 0 fully saturated rings. The summed E-state index contributed by atoms with van der Waals surface area (Å²) in [6.07, 6.45) is -0.0207. The minimum Gasteiger partial charge on any atom is -0.491 e. The Bertz CT molecular complexity index is 1000. The van der Waals surface area contributed by atoms with Crippen LogP contribution in [-0.4, -0.2) is 25.8 Å². The highest BCUT2D eigenvalue weighted by Gasteiger charge is 2.16. The van der Waals surface area contributed by atoms with Gasteiger partial charge >= 0.3 is 0 Å². The highest BCUT2D eigenvalue weighted by molar-refractivity contribution is 7.98. The lowest BCUT2D eigenvalue weighted by molar-refractivity contribution is -0.384. The van der Waals surface area contributed by atoms with E-state index in [4.69, 9.17) is 4.74 Å². The molecule has 28 heavy (non-hydrogen) atoms. The summed E-state index contributed by atoms with van der Waals surface area (Å²) in [5, 5.41) is 20.5. The van der Waals surface area contributed by atoms with E-state index in [0.717, 1.165) is 27.7 Å². The predicted molar refractivity (Wildman–Crippen MR) is 110 cm³/mol. The summed E-state index contributed by atoms with van der Waals surface area (Å²) in [4.78, 5) is 10.7. The molecule has 7 nitrogen and oxygen atoms in total. The van der Waals surface area contributed by atoms with Gasteiger partial charge in [0.05, 0.1) is 11.0 Å². The number of nitrogens with zero attached hydrogens (tertiary/aromatic N) is 4. The molecule has 0 aliphatic rings. The molecule has 2 aromatic carbocycles. The maximum atomic E-state index is 11.1. The minimum atomic E-state index is -0.397. The molecule has 0 bridgehead atoms. The average Bonchev–Trinajstić information content (AvgIpc) is 3.01. The SMILES string of the molecule is Cc1ccccc1-c1nnc(SCc2cc([N+](=O)[O-])ccc2OC(C)C)n1C. The molecule has 1 heterocycles. The summed E-state index contributed by atoms with van der Waals surface area (Å²) in [6.45, 7) is 5.89. The fraction of sp³-hybridized carbons (Fsp3) is 0.300. The van der Waals surface area contributed by atoms with Crippen molar-refractivity contribution in [2.24, 2.45) is 7.05 Å². The van der Waals surface area contributed by atoms with Gasteiger partial charge < -0.3 is 9.30 Å². The number of rotatable bonds is 7. The molecule has 0 unspecified atom stereocenters. The van der Waals surface area contributed by atoms with Crippen molar-refractivity contribution < 1.29 is 9.66 Å². The zero-order chi connectivity index (χ0) is 20.3. The number of aromatic nitrogens is 3. The van der Waals surface area contributed by atoms with Crippen molar-refractivity contribution in [3.05, 3.63) is 63.7 Å². The number of benzene rings is 2. The number of aryl methyl sites for hydroxylation is 1. The van der Waals surface area contributed by atoms with E-state index >= 15 is 0 Å². The van der Waals surface area contributed by atoms with E-state index in [0.29, 0.717) is 11.5 Å². The lowest BCUT2D eigenvalue weighted by Crippen LogP contribution is -2.07. The number of hydrogen-bond acceptors (Lipinski definition) is 6. The van der Waals surface area contributed by atoms with Gasteiger partial charge in [0.2, 0.25) is 0 Å². The van der Waals surface area contributed by atoms with E-state index in [1.807, 2.05) is 56.7 Å². The molecule has 3 aromatic rings. The minimum absolute atomic E-state index is 0.0207. The lowest BCUT2D eigenvalue weighted by atomic mass is 10.1. The monoisotopic (exact) mass is 398 g/mol. The maximum absolute atomic E-state index is 11.1.